The number of carbonyl (C=O) groups excluding carboxylic acids is 1. The molecule has 24 heavy (non-hydrogen) atoms. The van der Waals surface area contributed by atoms with E-state index in [9.17, 15) is 4.79 Å². The van der Waals surface area contributed by atoms with Gasteiger partial charge in [-0.2, -0.15) is 5.10 Å². The van der Waals surface area contributed by atoms with Crippen molar-refractivity contribution in [2.24, 2.45) is 0 Å². The van der Waals surface area contributed by atoms with Gasteiger partial charge in [-0.15, -0.1) is 0 Å². The molecule has 1 aliphatic heterocycles. The average molecular weight is 326 g/mol. The van der Waals surface area contributed by atoms with Gasteiger partial charge in [0.2, 0.25) is 0 Å². The number of carbonyl (C=O) groups is 1. The van der Waals surface area contributed by atoms with Crippen LogP contribution in [-0.4, -0.2) is 46.3 Å². The first-order chi connectivity index (χ1) is 11.6. The standard InChI is InChI=1S/C19H26N4O/c1-4-16-14-21(17-8-6-5-7-9-17)12-13-22(16)19(24)18-10-11-23(20-18)15(2)3/h5-11,15-16H,4,12-14H2,1-3H3. The van der Waals surface area contributed by atoms with Crippen LogP contribution in [0.4, 0.5) is 5.69 Å². The van der Waals surface area contributed by atoms with Crippen molar-refractivity contribution in [1.29, 1.82) is 0 Å². The van der Waals surface area contributed by atoms with Crippen LogP contribution >= 0.6 is 0 Å². The molecule has 0 radical (unpaired) electrons. The molecule has 3 rings (SSSR count). The summed E-state index contributed by atoms with van der Waals surface area (Å²) in [6.07, 6.45) is 2.83. The highest BCUT2D eigenvalue weighted by molar-refractivity contribution is 5.92. The normalized spacial score (nSPS) is 18.2. The van der Waals surface area contributed by atoms with Crippen LogP contribution in [0.2, 0.25) is 0 Å². The van der Waals surface area contributed by atoms with E-state index in [0.29, 0.717) is 5.69 Å². The van der Waals surface area contributed by atoms with Crippen molar-refractivity contribution in [3.63, 3.8) is 0 Å². The minimum Gasteiger partial charge on any atom is -0.368 e. The van der Waals surface area contributed by atoms with Crippen molar-refractivity contribution >= 4 is 11.6 Å². The topological polar surface area (TPSA) is 41.4 Å². The Morgan fingerprint density at radius 1 is 1.21 bits per heavy atom. The lowest BCUT2D eigenvalue weighted by Gasteiger charge is -2.42. The third-order valence-electron chi connectivity index (χ3n) is 4.69. The highest BCUT2D eigenvalue weighted by Gasteiger charge is 2.31. The van der Waals surface area contributed by atoms with Gasteiger partial charge in [-0.1, -0.05) is 25.1 Å². The Morgan fingerprint density at radius 3 is 2.58 bits per heavy atom. The fourth-order valence-corrected chi connectivity index (χ4v) is 3.23. The molecule has 1 saturated heterocycles. The number of hydrogen-bond donors (Lipinski definition) is 0. The zero-order valence-corrected chi connectivity index (χ0v) is 14.7. The van der Waals surface area contributed by atoms with E-state index < -0.39 is 0 Å². The average Bonchev–Trinajstić information content (AvgIpc) is 3.12. The molecule has 0 saturated carbocycles. The number of amides is 1. The molecule has 5 heteroatoms. The summed E-state index contributed by atoms with van der Waals surface area (Å²) in [5.74, 6) is 0.0500. The summed E-state index contributed by atoms with van der Waals surface area (Å²) in [4.78, 5) is 17.2. The zero-order valence-electron chi connectivity index (χ0n) is 14.7. The maximum atomic E-state index is 12.9. The maximum Gasteiger partial charge on any atom is 0.274 e. The molecule has 1 aromatic carbocycles. The van der Waals surface area contributed by atoms with Crippen LogP contribution in [0.1, 0.15) is 43.7 Å². The van der Waals surface area contributed by atoms with Gasteiger partial charge in [-0.3, -0.25) is 9.48 Å². The Labute approximate surface area is 143 Å². The third kappa shape index (κ3) is 3.30. The van der Waals surface area contributed by atoms with Crippen molar-refractivity contribution in [3.05, 3.63) is 48.3 Å². The lowest BCUT2D eigenvalue weighted by molar-refractivity contribution is 0.0644. The van der Waals surface area contributed by atoms with Crippen molar-refractivity contribution in [2.45, 2.75) is 39.3 Å². The van der Waals surface area contributed by atoms with Gasteiger partial charge in [0.25, 0.3) is 5.91 Å². The Morgan fingerprint density at radius 2 is 1.96 bits per heavy atom. The van der Waals surface area contributed by atoms with Crippen LogP contribution in [0.3, 0.4) is 0 Å². The van der Waals surface area contributed by atoms with Gasteiger partial charge in [0.1, 0.15) is 5.69 Å². The fourth-order valence-electron chi connectivity index (χ4n) is 3.23. The van der Waals surface area contributed by atoms with Crippen LogP contribution in [0.25, 0.3) is 0 Å². The van der Waals surface area contributed by atoms with Crippen LogP contribution in [0.15, 0.2) is 42.6 Å². The first-order valence-corrected chi connectivity index (χ1v) is 8.76. The van der Waals surface area contributed by atoms with Gasteiger partial charge >= 0.3 is 0 Å². The number of para-hydroxylation sites is 1. The minimum absolute atomic E-state index is 0.0500. The third-order valence-corrected chi connectivity index (χ3v) is 4.69. The van der Waals surface area contributed by atoms with Crippen LogP contribution in [-0.2, 0) is 0 Å². The first kappa shape index (κ1) is 16.6. The molecule has 1 unspecified atom stereocenters. The highest BCUT2D eigenvalue weighted by atomic mass is 16.2. The van der Waals surface area contributed by atoms with Gasteiger partial charge in [-0.25, -0.2) is 0 Å². The Kier molecular flexibility index (Phi) is 4.88. The molecule has 5 nitrogen and oxygen atoms in total. The van der Waals surface area contributed by atoms with Gasteiger partial charge in [0.15, 0.2) is 0 Å². The smallest absolute Gasteiger partial charge is 0.274 e. The molecular formula is C19H26N4O. The van der Waals surface area contributed by atoms with Crippen molar-refractivity contribution < 1.29 is 4.79 Å². The monoisotopic (exact) mass is 326 g/mol. The van der Waals surface area contributed by atoms with Gasteiger partial charge in [0, 0.05) is 43.6 Å². The molecule has 1 aliphatic rings. The molecule has 0 bridgehead atoms. The summed E-state index contributed by atoms with van der Waals surface area (Å²) in [5.41, 5.74) is 1.78. The summed E-state index contributed by atoms with van der Waals surface area (Å²) in [5, 5.41) is 4.44. The summed E-state index contributed by atoms with van der Waals surface area (Å²) >= 11 is 0. The Hall–Kier alpha value is -2.30. The number of nitrogens with zero attached hydrogens (tertiary/aromatic N) is 4. The molecule has 0 spiro atoms. The second kappa shape index (κ2) is 7.07. The van der Waals surface area contributed by atoms with E-state index in [2.05, 4.69) is 55.0 Å². The number of piperazine rings is 1. The molecule has 2 heterocycles. The van der Waals surface area contributed by atoms with E-state index in [1.54, 1.807) is 0 Å². The lowest BCUT2D eigenvalue weighted by atomic mass is 10.1. The predicted molar refractivity (Wildman–Crippen MR) is 96.4 cm³/mol. The highest BCUT2D eigenvalue weighted by Crippen LogP contribution is 2.21. The van der Waals surface area contributed by atoms with Gasteiger partial charge < -0.3 is 9.80 Å². The van der Waals surface area contributed by atoms with E-state index in [-0.39, 0.29) is 18.0 Å². The van der Waals surface area contributed by atoms with Gasteiger partial charge in [-0.05, 0) is 38.5 Å². The zero-order chi connectivity index (χ0) is 17.1. The van der Waals surface area contributed by atoms with Crippen molar-refractivity contribution in [2.75, 3.05) is 24.5 Å². The van der Waals surface area contributed by atoms with Crippen LogP contribution in [0, 0.1) is 0 Å². The number of benzene rings is 1. The largest absolute Gasteiger partial charge is 0.368 e. The Balaban J connectivity index is 1.73. The molecule has 1 atom stereocenters. The summed E-state index contributed by atoms with van der Waals surface area (Å²) in [6.45, 7) is 8.74. The number of aromatic nitrogens is 2. The molecule has 1 aromatic heterocycles. The van der Waals surface area contributed by atoms with Crippen LogP contribution < -0.4 is 4.90 Å². The summed E-state index contributed by atoms with van der Waals surface area (Å²) in [7, 11) is 0. The van der Waals surface area contributed by atoms with E-state index in [4.69, 9.17) is 0 Å². The number of hydrogen-bond acceptors (Lipinski definition) is 3. The summed E-state index contributed by atoms with van der Waals surface area (Å²) in [6, 6.07) is 12.7. The first-order valence-electron chi connectivity index (χ1n) is 8.76. The SMILES string of the molecule is CCC1CN(c2ccccc2)CCN1C(=O)c1ccn(C(C)C)n1. The molecule has 2 aromatic rings. The quantitative estimate of drug-likeness (QED) is 0.866. The molecule has 128 valence electrons. The Bertz CT molecular complexity index is 680. The van der Waals surface area contributed by atoms with Crippen molar-refractivity contribution in [1.82, 2.24) is 14.7 Å². The second-order valence-corrected chi connectivity index (χ2v) is 6.62. The molecule has 0 N–H and O–H groups in total. The van der Waals surface area contributed by atoms with E-state index in [1.807, 2.05) is 27.9 Å². The lowest BCUT2D eigenvalue weighted by Crippen LogP contribution is -2.55. The van der Waals surface area contributed by atoms with E-state index in [1.165, 1.54) is 5.69 Å². The molecule has 0 aliphatic carbocycles. The van der Waals surface area contributed by atoms with Crippen LogP contribution in [0.5, 0.6) is 0 Å². The molecule has 1 fully saturated rings. The number of rotatable bonds is 4. The summed E-state index contributed by atoms with van der Waals surface area (Å²) < 4.78 is 1.84. The van der Waals surface area contributed by atoms with Crippen molar-refractivity contribution in [3.8, 4) is 0 Å². The van der Waals surface area contributed by atoms with E-state index >= 15 is 0 Å². The molecular weight excluding hydrogens is 300 g/mol. The van der Waals surface area contributed by atoms with Gasteiger partial charge in [0.05, 0.1) is 0 Å². The fraction of sp³-hybridized carbons (Fsp3) is 0.474. The number of anilines is 1. The molecule has 1 amide bonds. The minimum atomic E-state index is 0.0500. The second-order valence-electron chi connectivity index (χ2n) is 6.62. The van der Waals surface area contributed by atoms with E-state index in [0.717, 1.165) is 26.1 Å². The predicted octanol–water partition coefficient (Wildman–Crippen LogP) is 3.21. The maximum absolute atomic E-state index is 12.9.